The van der Waals surface area contributed by atoms with Crippen molar-refractivity contribution in [1.29, 1.82) is 0 Å². The molecule has 3 aliphatic rings. The molecule has 3 fully saturated rings. The van der Waals surface area contributed by atoms with E-state index in [-0.39, 0.29) is 17.7 Å². The molecule has 1 aliphatic heterocycles. The largest absolute Gasteiger partial charge is 0.349 e. The van der Waals surface area contributed by atoms with E-state index in [2.05, 4.69) is 5.32 Å². The van der Waals surface area contributed by atoms with Gasteiger partial charge in [-0.2, -0.15) is 0 Å². The molecule has 1 aromatic heterocycles. The van der Waals surface area contributed by atoms with Crippen LogP contribution in [-0.2, 0) is 0 Å². The summed E-state index contributed by atoms with van der Waals surface area (Å²) in [5, 5.41) is 3.89. The van der Waals surface area contributed by atoms with E-state index >= 15 is 0 Å². The minimum atomic E-state index is 0.0115. The standard InChI is InChI=1S/C26H30ClN3O2/c1-16-5-8-22(25(31)29-23-14-17-6-7-19(23)13-17)24(28-16)18-9-11-30(12-10-18)26(32)20-3-2-4-21(27)15-20/h2-5,8,15,17-19,23H,6-7,9-14H2,1H3,(H,29,31)/t17-,19-,23-/m0/s1. The lowest BCUT2D eigenvalue weighted by Crippen LogP contribution is -2.40. The van der Waals surface area contributed by atoms with Crippen molar-refractivity contribution in [2.75, 3.05) is 13.1 Å². The van der Waals surface area contributed by atoms with Crippen molar-refractivity contribution in [2.24, 2.45) is 11.8 Å². The minimum absolute atomic E-state index is 0.0115. The summed E-state index contributed by atoms with van der Waals surface area (Å²) < 4.78 is 0. The van der Waals surface area contributed by atoms with Gasteiger partial charge < -0.3 is 10.2 Å². The van der Waals surface area contributed by atoms with Gasteiger partial charge in [0.2, 0.25) is 0 Å². The Morgan fingerprint density at radius 1 is 1.06 bits per heavy atom. The van der Waals surface area contributed by atoms with Crippen molar-refractivity contribution in [3.8, 4) is 0 Å². The summed E-state index contributed by atoms with van der Waals surface area (Å²) in [6.07, 6.45) is 6.56. The zero-order valence-corrected chi connectivity index (χ0v) is 19.3. The number of hydrogen-bond donors (Lipinski definition) is 1. The Kier molecular flexibility index (Phi) is 5.93. The van der Waals surface area contributed by atoms with Gasteiger partial charge in [-0.1, -0.05) is 24.1 Å². The average molecular weight is 452 g/mol. The Labute approximate surface area is 194 Å². The first-order valence-electron chi connectivity index (χ1n) is 11.8. The fourth-order valence-electron chi connectivity index (χ4n) is 5.91. The Bertz CT molecular complexity index is 1030. The van der Waals surface area contributed by atoms with E-state index in [1.54, 1.807) is 24.3 Å². The fraction of sp³-hybridized carbons (Fsp3) is 0.500. The number of aromatic nitrogens is 1. The van der Waals surface area contributed by atoms with Crippen LogP contribution in [0.25, 0.3) is 0 Å². The zero-order valence-electron chi connectivity index (χ0n) is 18.5. The molecule has 1 aromatic carbocycles. The van der Waals surface area contributed by atoms with Crippen LogP contribution in [0.15, 0.2) is 36.4 Å². The molecule has 1 N–H and O–H groups in total. The summed E-state index contributed by atoms with van der Waals surface area (Å²) in [6, 6.07) is 11.3. The second-order valence-corrected chi connectivity index (χ2v) is 10.2. The predicted molar refractivity (Wildman–Crippen MR) is 125 cm³/mol. The van der Waals surface area contributed by atoms with Gasteiger partial charge in [0.15, 0.2) is 0 Å². The number of fused-ring (bicyclic) bond motifs is 2. The predicted octanol–water partition coefficient (Wildman–Crippen LogP) is 4.98. The number of carbonyl (C=O) groups is 2. The summed E-state index contributed by atoms with van der Waals surface area (Å²) in [5.41, 5.74) is 3.14. The molecule has 0 unspecified atom stereocenters. The van der Waals surface area contributed by atoms with E-state index < -0.39 is 0 Å². The van der Waals surface area contributed by atoms with Crippen LogP contribution in [-0.4, -0.2) is 40.8 Å². The van der Waals surface area contributed by atoms with E-state index in [4.69, 9.17) is 16.6 Å². The molecule has 6 heteroatoms. The third kappa shape index (κ3) is 4.27. The number of amides is 2. The van der Waals surface area contributed by atoms with Crippen molar-refractivity contribution in [1.82, 2.24) is 15.2 Å². The van der Waals surface area contributed by atoms with Crippen LogP contribution >= 0.6 is 11.6 Å². The Hall–Kier alpha value is -2.40. The Morgan fingerprint density at radius 2 is 1.88 bits per heavy atom. The molecular weight excluding hydrogens is 422 g/mol. The monoisotopic (exact) mass is 451 g/mol. The molecular formula is C26H30ClN3O2. The first kappa shape index (κ1) is 21.4. The van der Waals surface area contributed by atoms with Crippen LogP contribution in [0.2, 0.25) is 5.02 Å². The van der Waals surface area contributed by atoms with Gasteiger partial charge in [-0.05, 0) is 81.2 Å². The quantitative estimate of drug-likeness (QED) is 0.712. The smallest absolute Gasteiger partial charge is 0.253 e. The molecule has 2 saturated carbocycles. The number of carbonyl (C=O) groups excluding carboxylic acids is 2. The number of benzene rings is 1. The number of hydrogen-bond acceptors (Lipinski definition) is 3. The van der Waals surface area contributed by atoms with Gasteiger partial charge >= 0.3 is 0 Å². The van der Waals surface area contributed by atoms with Gasteiger partial charge in [0.25, 0.3) is 11.8 Å². The number of nitrogens with one attached hydrogen (secondary N) is 1. The maximum atomic E-state index is 13.2. The van der Waals surface area contributed by atoms with E-state index in [0.717, 1.165) is 36.6 Å². The van der Waals surface area contributed by atoms with Gasteiger partial charge in [-0.15, -0.1) is 0 Å². The van der Waals surface area contributed by atoms with Gasteiger partial charge in [0.1, 0.15) is 0 Å². The molecule has 3 atom stereocenters. The van der Waals surface area contributed by atoms with E-state index in [1.807, 2.05) is 24.0 Å². The van der Waals surface area contributed by atoms with Crippen LogP contribution in [0.1, 0.15) is 76.5 Å². The van der Waals surface area contributed by atoms with Crippen molar-refractivity contribution in [2.45, 2.75) is 57.4 Å². The highest BCUT2D eigenvalue weighted by Gasteiger charge is 2.40. The number of halogens is 1. The molecule has 32 heavy (non-hydrogen) atoms. The highest BCUT2D eigenvalue weighted by Crippen LogP contribution is 2.44. The molecule has 2 aliphatic carbocycles. The second kappa shape index (κ2) is 8.86. The molecule has 1 saturated heterocycles. The van der Waals surface area contributed by atoms with Gasteiger partial charge in [0.05, 0.1) is 11.3 Å². The van der Waals surface area contributed by atoms with Crippen molar-refractivity contribution in [3.63, 3.8) is 0 Å². The number of nitrogens with zero attached hydrogens (tertiary/aromatic N) is 2. The molecule has 2 bridgehead atoms. The number of likely N-dealkylation sites (tertiary alicyclic amines) is 1. The molecule has 168 valence electrons. The summed E-state index contributed by atoms with van der Waals surface area (Å²) >= 11 is 6.06. The van der Waals surface area contributed by atoms with Crippen molar-refractivity contribution >= 4 is 23.4 Å². The lowest BCUT2D eigenvalue weighted by molar-refractivity contribution is 0.0710. The molecule has 0 radical (unpaired) electrons. The Morgan fingerprint density at radius 3 is 2.56 bits per heavy atom. The maximum Gasteiger partial charge on any atom is 0.253 e. The molecule has 2 heterocycles. The highest BCUT2D eigenvalue weighted by atomic mass is 35.5. The van der Waals surface area contributed by atoms with Gasteiger partial charge in [0, 0.05) is 41.3 Å². The third-order valence-electron chi connectivity index (χ3n) is 7.60. The zero-order chi connectivity index (χ0) is 22.2. The fourth-order valence-corrected chi connectivity index (χ4v) is 6.10. The molecule has 0 spiro atoms. The van der Waals surface area contributed by atoms with Gasteiger partial charge in [-0.25, -0.2) is 0 Å². The number of pyridine rings is 1. The molecule has 5 rings (SSSR count). The van der Waals surface area contributed by atoms with Crippen molar-refractivity contribution < 1.29 is 9.59 Å². The van der Waals surface area contributed by atoms with Crippen LogP contribution in [0.3, 0.4) is 0 Å². The maximum absolute atomic E-state index is 13.2. The third-order valence-corrected chi connectivity index (χ3v) is 7.84. The first-order valence-corrected chi connectivity index (χ1v) is 12.2. The summed E-state index contributed by atoms with van der Waals surface area (Å²) in [6.45, 7) is 3.27. The lowest BCUT2D eigenvalue weighted by Gasteiger charge is -2.33. The van der Waals surface area contributed by atoms with E-state index in [9.17, 15) is 9.59 Å². The molecule has 2 aromatic rings. The normalized spacial score (nSPS) is 25.2. The number of aryl methyl sites for hydroxylation is 1. The second-order valence-electron chi connectivity index (χ2n) is 9.72. The average Bonchev–Trinajstić information content (AvgIpc) is 3.42. The SMILES string of the molecule is Cc1ccc(C(=O)N[C@H]2C[C@H]3CC[C@H]2C3)c(C2CCN(C(=O)c3cccc(Cl)c3)CC2)n1. The van der Waals surface area contributed by atoms with Crippen molar-refractivity contribution in [3.05, 3.63) is 63.9 Å². The summed E-state index contributed by atoms with van der Waals surface area (Å²) in [5.74, 6) is 1.65. The molecule has 5 nitrogen and oxygen atoms in total. The summed E-state index contributed by atoms with van der Waals surface area (Å²) in [4.78, 5) is 32.8. The van der Waals surface area contributed by atoms with Crippen LogP contribution in [0.5, 0.6) is 0 Å². The van der Waals surface area contributed by atoms with Crippen LogP contribution < -0.4 is 5.32 Å². The number of rotatable bonds is 4. The molecule has 2 amide bonds. The lowest BCUT2D eigenvalue weighted by atomic mass is 9.89. The van der Waals surface area contributed by atoms with Gasteiger partial charge in [-0.3, -0.25) is 14.6 Å². The van der Waals surface area contributed by atoms with Crippen LogP contribution in [0.4, 0.5) is 0 Å². The highest BCUT2D eigenvalue weighted by molar-refractivity contribution is 6.30. The van der Waals surface area contributed by atoms with Crippen LogP contribution in [0, 0.1) is 18.8 Å². The van der Waals surface area contributed by atoms with E-state index in [0.29, 0.717) is 41.2 Å². The summed E-state index contributed by atoms with van der Waals surface area (Å²) in [7, 11) is 0. The first-order chi connectivity index (χ1) is 15.5. The topological polar surface area (TPSA) is 62.3 Å². The number of piperidine rings is 1. The Balaban J connectivity index is 1.27. The minimum Gasteiger partial charge on any atom is -0.349 e. The van der Waals surface area contributed by atoms with E-state index in [1.165, 1.54) is 19.3 Å².